The first-order chi connectivity index (χ1) is 10.1. The van der Waals surface area contributed by atoms with Crippen molar-refractivity contribution in [3.63, 3.8) is 0 Å². The molecule has 1 aromatic heterocycles. The van der Waals surface area contributed by atoms with E-state index in [9.17, 15) is 5.11 Å². The molecule has 0 amide bonds. The molecule has 1 aliphatic rings. The van der Waals surface area contributed by atoms with Crippen LogP contribution in [0.3, 0.4) is 0 Å². The van der Waals surface area contributed by atoms with Crippen LogP contribution in [-0.4, -0.2) is 22.0 Å². The molecule has 1 heterocycles. The summed E-state index contributed by atoms with van der Waals surface area (Å²) >= 11 is 0. The Balaban J connectivity index is 1.96. The highest BCUT2D eigenvalue weighted by molar-refractivity contribution is 5.43. The number of hydrogen-bond acceptors (Lipinski definition) is 3. The van der Waals surface area contributed by atoms with Gasteiger partial charge in [0.2, 0.25) is 0 Å². The molecule has 2 aromatic rings. The number of aliphatic hydroxyl groups is 1. The fourth-order valence-corrected chi connectivity index (χ4v) is 3.31. The van der Waals surface area contributed by atoms with Crippen molar-refractivity contribution in [2.75, 3.05) is 7.11 Å². The molecule has 0 bridgehead atoms. The van der Waals surface area contributed by atoms with Gasteiger partial charge in [0.25, 0.3) is 0 Å². The zero-order chi connectivity index (χ0) is 15.0. The van der Waals surface area contributed by atoms with Crippen LogP contribution in [0.5, 0.6) is 5.75 Å². The summed E-state index contributed by atoms with van der Waals surface area (Å²) in [5, 5.41) is 15.6. The van der Waals surface area contributed by atoms with Crippen molar-refractivity contribution in [1.82, 2.24) is 9.78 Å². The minimum atomic E-state index is -0.816. The summed E-state index contributed by atoms with van der Waals surface area (Å²) in [4.78, 5) is 0. The van der Waals surface area contributed by atoms with Crippen molar-refractivity contribution in [2.45, 2.75) is 45.3 Å². The maximum atomic E-state index is 11.1. The maximum Gasteiger partial charge on any atom is 0.119 e. The molecule has 112 valence electrons. The average molecular weight is 286 g/mol. The fraction of sp³-hybridized carbons (Fsp3) is 0.471. The Labute approximate surface area is 125 Å². The van der Waals surface area contributed by atoms with Crippen LogP contribution in [0.4, 0.5) is 0 Å². The lowest BCUT2D eigenvalue weighted by Crippen LogP contribution is -2.27. The molecule has 1 aromatic carbocycles. The SMILES string of the molecule is CCn1nc(C)cc1CC1(O)CCc2ccc(OC)cc21. The second-order valence-electron chi connectivity index (χ2n) is 5.82. The molecule has 1 atom stereocenters. The molecular formula is C17H22N2O2. The summed E-state index contributed by atoms with van der Waals surface area (Å²) in [6.07, 6.45) is 2.26. The zero-order valence-corrected chi connectivity index (χ0v) is 12.9. The molecule has 0 aliphatic heterocycles. The van der Waals surface area contributed by atoms with Gasteiger partial charge in [0.05, 0.1) is 18.4 Å². The minimum absolute atomic E-state index is 0.599. The molecule has 1 aliphatic carbocycles. The van der Waals surface area contributed by atoms with Crippen LogP contribution in [-0.2, 0) is 25.0 Å². The van der Waals surface area contributed by atoms with Crippen molar-refractivity contribution >= 4 is 0 Å². The molecule has 1 unspecified atom stereocenters. The van der Waals surface area contributed by atoms with E-state index in [2.05, 4.69) is 24.2 Å². The number of nitrogens with zero attached hydrogens (tertiary/aromatic N) is 2. The first-order valence-corrected chi connectivity index (χ1v) is 7.49. The summed E-state index contributed by atoms with van der Waals surface area (Å²) < 4.78 is 7.28. The van der Waals surface area contributed by atoms with Crippen LogP contribution in [0.15, 0.2) is 24.3 Å². The number of ether oxygens (including phenoxy) is 1. The fourth-order valence-electron chi connectivity index (χ4n) is 3.31. The summed E-state index contributed by atoms with van der Waals surface area (Å²) in [5.41, 5.74) is 3.50. The van der Waals surface area contributed by atoms with Gasteiger partial charge in [-0.15, -0.1) is 0 Å². The van der Waals surface area contributed by atoms with Gasteiger partial charge < -0.3 is 9.84 Å². The smallest absolute Gasteiger partial charge is 0.119 e. The average Bonchev–Trinajstić information content (AvgIpc) is 2.99. The molecule has 3 rings (SSSR count). The van der Waals surface area contributed by atoms with Gasteiger partial charge in [0.15, 0.2) is 0 Å². The first kappa shape index (κ1) is 14.1. The monoisotopic (exact) mass is 286 g/mol. The predicted molar refractivity (Wildman–Crippen MR) is 81.6 cm³/mol. The molecule has 0 saturated carbocycles. The van der Waals surface area contributed by atoms with Crippen LogP contribution in [0, 0.1) is 6.92 Å². The number of aryl methyl sites for hydroxylation is 3. The third-order valence-electron chi connectivity index (χ3n) is 4.38. The number of benzene rings is 1. The molecule has 21 heavy (non-hydrogen) atoms. The Kier molecular flexibility index (Phi) is 3.49. The molecular weight excluding hydrogens is 264 g/mol. The number of hydrogen-bond donors (Lipinski definition) is 1. The molecule has 0 fully saturated rings. The van der Waals surface area contributed by atoms with Gasteiger partial charge in [-0.3, -0.25) is 4.68 Å². The lowest BCUT2D eigenvalue weighted by Gasteiger charge is -2.24. The van der Waals surface area contributed by atoms with E-state index in [1.807, 2.05) is 23.7 Å². The molecule has 1 N–H and O–H groups in total. The normalized spacial score (nSPS) is 20.6. The van der Waals surface area contributed by atoms with E-state index in [4.69, 9.17) is 4.74 Å². The van der Waals surface area contributed by atoms with E-state index in [0.717, 1.165) is 42.1 Å². The van der Waals surface area contributed by atoms with E-state index in [0.29, 0.717) is 6.42 Å². The van der Waals surface area contributed by atoms with Crippen molar-refractivity contribution in [3.05, 3.63) is 46.8 Å². The van der Waals surface area contributed by atoms with Crippen molar-refractivity contribution < 1.29 is 9.84 Å². The lowest BCUT2D eigenvalue weighted by molar-refractivity contribution is 0.0367. The third-order valence-corrected chi connectivity index (χ3v) is 4.38. The van der Waals surface area contributed by atoms with Gasteiger partial charge in [0, 0.05) is 18.7 Å². The summed E-state index contributed by atoms with van der Waals surface area (Å²) in [7, 11) is 1.66. The van der Waals surface area contributed by atoms with Crippen LogP contribution < -0.4 is 4.74 Å². The number of methoxy groups -OCH3 is 1. The Hall–Kier alpha value is -1.81. The van der Waals surface area contributed by atoms with Gasteiger partial charge in [0.1, 0.15) is 5.75 Å². The standard InChI is InChI=1S/C17H22N2O2/c1-4-19-14(9-12(2)18-19)11-17(20)8-7-13-5-6-15(21-3)10-16(13)17/h5-6,9-10,20H,4,7-8,11H2,1-3H3. The highest BCUT2D eigenvalue weighted by Crippen LogP contribution is 2.41. The van der Waals surface area contributed by atoms with Crippen molar-refractivity contribution in [3.8, 4) is 5.75 Å². The molecule has 0 radical (unpaired) electrons. The van der Waals surface area contributed by atoms with E-state index in [1.54, 1.807) is 7.11 Å². The van der Waals surface area contributed by atoms with Crippen LogP contribution in [0.1, 0.15) is 35.9 Å². The van der Waals surface area contributed by atoms with Crippen LogP contribution >= 0.6 is 0 Å². The Morgan fingerprint density at radius 2 is 2.19 bits per heavy atom. The topological polar surface area (TPSA) is 47.3 Å². The first-order valence-electron chi connectivity index (χ1n) is 7.49. The summed E-state index contributed by atoms with van der Waals surface area (Å²) in [6.45, 7) is 4.89. The quantitative estimate of drug-likeness (QED) is 0.939. The van der Waals surface area contributed by atoms with Gasteiger partial charge in [-0.1, -0.05) is 6.07 Å². The Morgan fingerprint density at radius 3 is 2.90 bits per heavy atom. The Bertz CT molecular complexity index is 663. The number of aromatic nitrogens is 2. The molecule has 4 nitrogen and oxygen atoms in total. The highest BCUT2D eigenvalue weighted by Gasteiger charge is 2.38. The lowest BCUT2D eigenvalue weighted by atomic mass is 9.90. The predicted octanol–water partition coefficient (Wildman–Crippen LogP) is 2.60. The summed E-state index contributed by atoms with van der Waals surface area (Å²) in [5.74, 6) is 0.800. The minimum Gasteiger partial charge on any atom is -0.497 e. The molecule has 0 spiro atoms. The number of fused-ring (bicyclic) bond motifs is 1. The second-order valence-corrected chi connectivity index (χ2v) is 5.82. The van der Waals surface area contributed by atoms with Crippen molar-refractivity contribution in [2.24, 2.45) is 0 Å². The number of rotatable bonds is 4. The zero-order valence-electron chi connectivity index (χ0n) is 12.9. The van der Waals surface area contributed by atoms with Crippen molar-refractivity contribution in [1.29, 1.82) is 0 Å². The third kappa shape index (κ3) is 2.44. The molecule has 0 saturated heterocycles. The van der Waals surface area contributed by atoms with E-state index < -0.39 is 5.60 Å². The Morgan fingerprint density at radius 1 is 1.38 bits per heavy atom. The van der Waals surface area contributed by atoms with Crippen LogP contribution in [0.2, 0.25) is 0 Å². The van der Waals surface area contributed by atoms with Crippen LogP contribution in [0.25, 0.3) is 0 Å². The van der Waals surface area contributed by atoms with Gasteiger partial charge >= 0.3 is 0 Å². The van der Waals surface area contributed by atoms with Gasteiger partial charge in [-0.25, -0.2) is 0 Å². The second kappa shape index (κ2) is 5.19. The highest BCUT2D eigenvalue weighted by atomic mass is 16.5. The largest absolute Gasteiger partial charge is 0.497 e. The van der Waals surface area contributed by atoms with Gasteiger partial charge in [-0.05, 0) is 56.0 Å². The van der Waals surface area contributed by atoms with Gasteiger partial charge in [-0.2, -0.15) is 5.10 Å². The molecule has 4 heteroatoms. The maximum absolute atomic E-state index is 11.1. The van der Waals surface area contributed by atoms with E-state index in [1.165, 1.54) is 5.56 Å². The van der Waals surface area contributed by atoms with E-state index in [-0.39, 0.29) is 0 Å². The van der Waals surface area contributed by atoms with E-state index >= 15 is 0 Å². The summed E-state index contributed by atoms with van der Waals surface area (Å²) in [6, 6.07) is 8.07.